The first-order valence-electron chi connectivity index (χ1n) is 5.71. The molecule has 0 radical (unpaired) electrons. The fourth-order valence-corrected chi connectivity index (χ4v) is 2.52. The van der Waals surface area contributed by atoms with Gasteiger partial charge in [0.15, 0.2) is 0 Å². The van der Waals surface area contributed by atoms with Gasteiger partial charge < -0.3 is 15.3 Å². The lowest BCUT2D eigenvalue weighted by Crippen LogP contribution is -2.57. The molecule has 1 saturated heterocycles. The van der Waals surface area contributed by atoms with E-state index in [0.29, 0.717) is 13.1 Å². The number of piperazine rings is 1. The average molecular weight is 283 g/mol. The number of aromatic nitrogens is 1. The van der Waals surface area contributed by atoms with Crippen LogP contribution < -0.4 is 5.32 Å². The van der Waals surface area contributed by atoms with Crippen LogP contribution in [-0.4, -0.2) is 51.9 Å². The molecule has 1 aromatic heterocycles. The van der Waals surface area contributed by atoms with Gasteiger partial charge in [0.2, 0.25) is 5.91 Å². The summed E-state index contributed by atoms with van der Waals surface area (Å²) >= 11 is 1.34. The van der Waals surface area contributed by atoms with Crippen LogP contribution >= 0.6 is 11.3 Å². The van der Waals surface area contributed by atoms with Crippen molar-refractivity contribution < 1.29 is 19.5 Å². The average Bonchev–Trinajstić information content (AvgIpc) is 2.77. The summed E-state index contributed by atoms with van der Waals surface area (Å²) in [5.41, 5.74) is 0.257. The molecule has 1 aliphatic rings. The SMILES string of the molecule is Cc1nc(C(=O)N2CCNC(=O)C2CC(=O)O)cs1. The number of thiazole rings is 1. The number of nitrogens with zero attached hydrogens (tertiary/aromatic N) is 2. The van der Waals surface area contributed by atoms with Crippen molar-refractivity contribution in [3.05, 3.63) is 16.1 Å². The van der Waals surface area contributed by atoms with Crippen LogP contribution in [0.4, 0.5) is 0 Å². The lowest BCUT2D eigenvalue weighted by Gasteiger charge is -2.33. The summed E-state index contributed by atoms with van der Waals surface area (Å²) in [6.45, 7) is 2.39. The normalized spacial score (nSPS) is 19.1. The van der Waals surface area contributed by atoms with Crippen LogP contribution in [0.25, 0.3) is 0 Å². The van der Waals surface area contributed by atoms with Gasteiger partial charge in [0.05, 0.1) is 11.4 Å². The van der Waals surface area contributed by atoms with Gasteiger partial charge in [0.1, 0.15) is 11.7 Å². The first kappa shape index (κ1) is 13.5. The quantitative estimate of drug-likeness (QED) is 0.804. The summed E-state index contributed by atoms with van der Waals surface area (Å²) in [4.78, 5) is 40.1. The molecule has 7 nitrogen and oxygen atoms in total. The number of carboxylic acid groups (broad SMARTS) is 1. The van der Waals surface area contributed by atoms with E-state index in [1.165, 1.54) is 16.2 Å². The van der Waals surface area contributed by atoms with E-state index in [0.717, 1.165) is 5.01 Å². The monoisotopic (exact) mass is 283 g/mol. The summed E-state index contributed by atoms with van der Waals surface area (Å²) in [6, 6.07) is -0.972. The van der Waals surface area contributed by atoms with Crippen LogP contribution in [0.2, 0.25) is 0 Å². The van der Waals surface area contributed by atoms with E-state index in [9.17, 15) is 14.4 Å². The number of aliphatic carboxylic acids is 1. The fraction of sp³-hybridized carbons (Fsp3) is 0.455. The van der Waals surface area contributed by atoms with Gasteiger partial charge >= 0.3 is 5.97 Å². The summed E-state index contributed by atoms with van der Waals surface area (Å²) in [7, 11) is 0. The van der Waals surface area contributed by atoms with Crippen molar-refractivity contribution in [1.82, 2.24) is 15.2 Å². The maximum absolute atomic E-state index is 12.2. The Morgan fingerprint density at radius 2 is 2.37 bits per heavy atom. The van der Waals surface area contributed by atoms with Gasteiger partial charge in [-0.15, -0.1) is 11.3 Å². The predicted molar refractivity (Wildman–Crippen MR) is 66.9 cm³/mol. The number of carboxylic acids is 1. The lowest BCUT2D eigenvalue weighted by atomic mass is 10.1. The second kappa shape index (κ2) is 5.35. The standard InChI is InChI=1S/C11H13N3O4S/c1-6-13-7(5-19-6)11(18)14-3-2-12-10(17)8(14)4-9(15)16/h5,8H,2-4H2,1H3,(H,12,17)(H,15,16). The van der Waals surface area contributed by atoms with E-state index < -0.39 is 30.2 Å². The Labute approximate surface area is 113 Å². The number of carbonyl (C=O) groups is 3. The van der Waals surface area contributed by atoms with Gasteiger partial charge in [0, 0.05) is 18.5 Å². The molecular formula is C11H13N3O4S. The second-order valence-electron chi connectivity index (χ2n) is 4.15. The first-order valence-corrected chi connectivity index (χ1v) is 6.59. The van der Waals surface area contributed by atoms with Crippen molar-refractivity contribution in [3.63, 3.8) is 0 Å². The van der Waals surface area contributed by atoms with Gasteiger partial charge in [-0.25, -0.2) is 4.98 Å². The van der Waals surface area contributed by atoms with Gasteiger partial charge in [-0.2, -0.15) is 0 Å². The van der Waals surface area contributed by atoms with Crippen molar-refractivity contribution in [3.8, 4) is 0 Å². The fourth-order valence-electron chi connectivity index (χ4n) is 1.93. The highest BCUT2D eigenvalue weighted by Crippen LogP contribution is 2.16. The van der Waals surface area contributed by atoms with E-state index in [1.54, 1.807) is 12.3 Å². The Hall–Kier alpha value is -1.96. The third-order valence-electron chi connectivity index (χ3n) is 2.80. The molecule has 2 N–H and O–H groups in total. The molecule has 2 heterocycles. The number of carbonyl (C=O) groups excluding carboxylic acids is 2. The summed E-state index contributed by atoms with van der Waals surface area (Å²) in [5.74, 6) is -1.95. The van der Waals surface area contributed by atoms with E-state index in [1.807, 2.05) is 0 Å². The Balaban J connectivity index is 2.22. The number of nitrogens with one attached hydrogen (secondary N) is 1. The molecule has 1 atom stereocenters. The molecule has 1 aliphatic heterocycles. The Kier molecular flexibility index (Phi) is 3.79. The molecule has 0 aromatic carbocycles. The van der Waals surface area contributed by atoms with E-state index in [2.05, 4.69) is 10.3 Å². The van der Waals surface area contributed by atoms with Crippen LogP contribution in [-0.2, 0) is 9.59 Å². The molecule has 2 rings (SSSR count). The van der Waals surface area contributed by atoms with Crippen molar-refractivity contribution in [2.75, 3.05) is 13.1 Å². The van der Waals surface area contributed by atoms with Crippen molar-refractivity contribution in [2.45, 2.75) is 19.4 Å². The smallest absolute Gasteiger partial charge is 0.305 e. The van der Waals surface area contributed by atoms with E-state index >= 15 is 0 Å². The summed E-state index contributed by atoms with van der Waals surface area (Å²) in [5, 5.41) is 13.8. The molecule has 1 unspecified atom stereocenters. The zero-order valence-electron chi connectivity index (χ0n) is 10.3. The maximum atomic E-state index is 12.2. The van der Waals surface area contributed by atoms with Crippen LogP contribution in [0, 0.1) is 6.92 Å². The zero-order chi connectivity index (χ0) is 14.0. The van der Waals surface area contributed by atoms with E-state index in [4.69, 9.17) is 5.11 Å². The van der Waals surface area contributed by atoms with E-state index in [-0.39, 0.29) is 5.69 Å². The van der Waals surface area contributed by atoms with Crippen LogP contribution in [0.3, 0.4) is 0 Å². The predicted octanol–water partition coefficient (Wildman–Crippen LogP) is -0.133. The first-order chi connectivity index (χ1) is 8.99. The molecular weight excluding hydrogens is 270 g/mol. The number of hydrogen-bond acceptors (Lipinski definition) is 5. The molecule has 0 aliphatic carbocycles. The molecule has 1 aromatic rings. The molecule has 19 heavy (non-hydrogen) atoms. The van der Waals surface area contributed by atoms with Crippen molar-refractivity contribution >= 4 is 29.1 Å². The summed E-state index contributed by atoms with van der Waals surface area (Å²) in [6.07, 6.45) is -0.402. The number of rotatable bonds is 3. The minimum atomic E-state index is -1.12. The van der Waals surface area contributed by atoms with Gasteiger partial charge in [-0.3, -0.25) is 14.4 Å². The third kappa shape index (κ3) is 2.90. The van der Waals surface area contributed by atoms with Crippen molar-refractivity contribution in [1.29, 1.82) is 0 Å². The minimum absolute atomic E-state index is 0.257. The third-order valence-corrected chi connectivity index (χ3v) is 3.57. The second-order valence-corrected chi connectivity index (χ2v) is 5.22. The molecule has 0 saturated carbocycles. The Morgan fingerprint density at radius 1 is 1.63 bits per heavy atom. The van der Waals surface area contributed by atoms with Crippen LogP contribution in [0.1, 0.15) is 21.9 Å². The lowest BCUT2D eigenvalue weighted by molar-refractivity contribution is -0.142. The van der Waals surface area contributed by atoms with Crippen LogP contribution in [0.15, 0.2) is 5.38 Å². The molecule has 0 spiro atoms. The topological polar surface area (TPSA) is 99.6 Å². The Morgan fingerprint density at radius 3 is 2.95 bits per heavy atom. The number of aryl methyl sites for hydroxylation is 1. The van der Waals surface area contributed by atoms with Crippen molar-refractivity contribution in [2.24, 2.45) is 0 Å². The molecule has 0 bridgehead atoms. The van der Waals surface area contributed by atoms with Gasteiger partial charge in [-0.05, 0) is 6.92 Å². The van der Waals surface area contributed by atoms with Crippen LogP contribution in [0.5, 0.6) is 0 Å². The molecule has 1 fully saturated rings. The highest BCUT2D eigenvalue weighted by molar-refractivity contribution is 7.09. The highest BCUT2D eigenvalue weighted by atomic mass is 32.1. The minimum Gasteiger partial charge on any atom is -0.481 e. The molecule has 8 heteroatoms. The Bertz CT molecular complexity index is 528. The number of amides is 2. The van der Waals surface area contributed by atoms with Gasteiger partial charge in [-0.1, -0.05) is 0 Å². The largest absolute Gasteiger partial charge is 0.481 e. The highest BCUT2D eigenvalue weighted by Gasteiger charge is 2.35. The number of hydrogen-bond donors (Lipinski definition) is 2. The van der Waals surface area contributed by atoms with Gasteiger partial charge in [0.25, 0.3) is 5.91 Å². The summed E-state index contributed by atoms with van der Waals surface area (Å²) < 4.78 is 0. The molecule has 102 valence electrons. The maximum Gasteiger partial charge on any atom is 0.305 e. The molecule has 2 amide bonds. The zero-order valence-corrected chi connectivity index (χ0v) is 11.1.